The summed E-state index contributed by atoms with van der Waals surface area (Å²) in [6, 6.07) is 5.36. The van der Waals surface area contributed by atoms with Crippen LogP contribution >= 0.6 is 0 Å². The number of carbonyl (C=O) groups is 2. The Hall–Kier alpha value is -2.64. The first-order chi connectivity index (χ1) is 10.5. The largest absolute Gasteiger partial charge is 0.480 e. The summed E-state index contributed by atoms with van der Waals surface area (Å²) < 4.78 is 15.3. The van der Waals surface area contributed by atoms with Crippen LogP contribution < -0.4 is 11.0 Å². The van der Waals surface area contributed by atoms with Gasteiger partial charge >= 0.3 is 11.7 Å². The normalized spacial score (nSPS) is 12.3. The third-order valence-electron chi connectivity index (χ3n) is 3.33. The smallest absolute Gasteiger partial charge is 0.329 e. The lowest BCUT2D eigenvalue weighted by Gasteiger charge is -2.11. The fourth-order valence-electron chi connectivity index (χ4n) is 2.28. The number of fused-ring (bicyclic) bond motifs is 1. The van der Waals surface area contributed by atoms with E-state index in [0.717, 1.165) is 0 Å². The molecule has 7 nitrogen and oxygen atoms in total. The van der Waals surface area contributed by atoms with Crippen LogP contribution in [0, 0.1) is 0 Å². The molecule has 0 aliphatic rings. The first kappa shape index (κ1) is 15.7. The Balaban J connectivity index is 2.32. The van der Waals surface area contributed by atoms with Crippen LogP contribution in [0.3, 0.4) is 0 Å². The summed E-state index contributed by atoms with van der Waals surface area (Å²) in [5.41, 5.74) is 0.880. The first-order valence-corrected chi connectivity index (χ1v) is 6.75. The Morgan fingerprint density at radius 2 is 1.86 bits per heavy atom. The Labute approximate surface area is 125 Å². The number of alkyl halides is 1. The van der Waals surface area contributed by atoms with Crippen LogP contribution in [0.2, 0.25) is 0 Å². The summed E-state index contributed by atoms with van der Waals surface area (Å²) in [6.07, 6.45) is 0. The molecule has 0 bridgehead atoms. The highest BCUT2D eigenvalue weighted by Crippen LogP contribution is 2.12. The molecule has 1 heterocycles. The molecule has 1 aromatic carbocycles. The third-order valence-corrected chi connectivity index (χ3v) is 3.33. The van der Waals surface area contributed by atoms with Crippen LogP contribution in [0.1, 0.15) is 6.92 Å². The van der Waals surface area contributed by atoms with E-state index in [2.05, 4.69) is 5.32 Å². The summed E-state index contributed by atoms with van der Waals surface area (Å²) in [4.78, 5) is 34.9. The molecule has 0 aliphatic heterocycles. The van der Waals surface area contributed by atoms with Gasteiger partial charge in [0, 0.05) is 6.54 Å². The average molecular weight is 309 g/mol. The second kappa shape index (κ2) is 6.42. The molecule has 2 rings (SSSR count). The molecule has 2 N–H and O–H groups in total. The van der Waals surface area contributed by atoms with Crippen LogP contribution in [-0.2, 0) is 22.7 Å². The number of hydrogen-bond acceptors (Lipinski definition) is 3. The van der Waals surface area contributed by atoms with E-state index in [1.54, 1.807) is 24.3 Å². The number of imidazole rings is 1. The zero-order valence-electron chi connectivity index (χ0n) is 12.0. The second-order valence-corrected chi connectivity index (χ2v) is 4.71. The van der Waals surface area contributed by atoms with Crippen LogP contribution in [-0.4, -0.2) is 38.8 Å². The lowest BCUT2D eigenvalue weighted by molar-refractivity contribution is -0.142. The van der Waals surface area contributed by atoms with Gasteiger partial charge in [0.15, 0.2) is 6.04 Å². The molecule has 2 aromatic rings. The molecule has 0 aliphatic carbocycles. The van der Waals surface area contributed by atoms with Crippen molar-refractivity contribution in [2.24, 2.45) is 0 Å². The summed E-state index contributed by atoms with van der Waals surface area (Å²) in [7, 11) is 0. The summed E-state index contributed by atoms with van der Waals surface area (Å²) >= 11 is 0. The van der Waals surface area contributed by atoms with Gasteiger partial charge in [-0.1, -0.05) is 12.1 Å². The number of hydrogen-bond donors (Lipinski definition) is 2. The monoisotopic (exact) mass is 309 g/mol. The van der Waals surface area contributed by atoms with Crippen molar-refractivity contribution in [1.29, 1.82) is 0 Å². The van der Waals surface area contributed by atoms with Crippen LogP contribution in [0.15, 0.2) is 29.1 Å². The zero-order valence-corrected chi connectivity index (χ0v) is 12.0. The highest BCUT2D eigenvalue weighted by molar-refractivity contribution is 5.85. The van der Waals surface area contributed by atoms with Gasteiger partial charge in [0.1, 0.15) is 13.2 Å². The highest BCUT2D eigenvalue weighted by Gasteiger charge is 2.21. The van der Waals surface area contributed by atoms with Gasteiger partial charge in [0.2, 0.25) is 5.91 Å². The summed E-state index contributed by atoms with van der Waals surface area (Å²) in [6.45, 7) is 0.667. The maximum absolute atomic E-state index is 12.5. The van der Waals surface area contributed by atoms with E-state index < -0.39 is 24.6 Å². The van der Waals surface area contributed by atoms with Crippen LogP contribution in [0.4, 0.5) is 4.39 Å². The Bertz CT molecular complexity index is 765. The molecule has 8 heteroatoms. The van der Waals surface area contributed by atoms with Crippen molar-refractivity contribution >= 4 is 22.9 Å². The average Bonchev–Trinajstić information content (AvgIpc) is 2.76. The lowest BCUT2D eigenvalue weighted by Crippen LogP contribution is -2.44. The Kier molecular flexibility index (Phi) is 4.59. The van der Waals surface area contributed by atoms with E-state index in [1.807, 2.05) is 6.92 Å². The minimum absolute atomic E-state index is 0.365. The SMILES string of the molecule is CCn1c(=O)n(CC(=O)NC(CF)C(=O)O)c2ccccc21. The predicted molar refractivity (Wildman–Crippen MR) is 77.4 cm³/mol. The first-order valence-electron chi connectivity index (χ1n) is 6.75. The number of aryl methyl sites for hydroxylation is 1. The van der Waals surface area contributed by atoms with Gasteiger partial charge in [-0.25, -0.2) is 14.0 Å². The van der Waals surface area contributed by atoms with E-state index in [0.29, 0.717) is 17.6 Å². The molecule has 1 amide bonds. The van der Waals surface area contributed by atoms with Crippen LogP contribution in [0.25, 0.3) is 11.0 Å². The number of halogens is 1. The van der Waals surface area contributed by atoms with Crippen molar-refractivity contribution in [1.82, 2.24) is 14.5 Å². The van der Waals surface area contributed by atoms with Gasteiger partial charge in [-0.3, -0.25) is 13.9 Å². The minimum Gasteiger partial charge on any atom is -0.480 e. The molecular weight excluding hydrogens is 293 g/mol. The quantitative estimate of drug-likeness (QED) is 0.806. The van der Waals surface area contributed by atoms with Gasteiger partial charge < -0.3 is 10.4 Å². The number of carboxylic acid groups (broad SMARTS) is 1. The van der Waals surface area contributed by atoms with Crippen molar-refractivity contribution in [3.63, 3.8) is 0 Å². The van der Waals surface area contributed by atoms with Gasteiger partial charge in [-0.2, -0.15) is 0 Å². The van der Waals surface area contributed by atoms with E-state index >= 15 is 0 Å². The molecule has 1 unspecified atom stereocenters. The van der Waals surface area contributed by atoms with E-state index in [9.17, 15) is 18.8 Å². The standard InChI is InChI=1S/C14H16FN3O4/c1-2-17-10-5-3-4-6-11(10)18(14(17)22)8-12(19)16-9(7-15)13(20)21/h3-6,9H,2,7-8H2,1H3,(H,16,19)(H,20,21). The summed E-state index contributed by atoms with van der Waals surface area (Å²) in [5, 5.41) is 10.8. The van der Waals surface area contributed by atoms with Gasteiger partial charge in [-0.15, -0.1) is 0 Å². The molecule has 1 atom stereocenters. The molecule has 0 spiro atoms. The number of amides is 1. The molecule has 0 saturated heterocycles. The molecule has 22 heavy (non-hydrogen) atoms. The Morgan fingerprint density at radius 3 is 2.36 bits per heavy atom. The lowest BCUT2D eigenvalue weighted by atomic mass is 10.3. The number of nitrogens with zero attached hydrogens (tertiary/aromatic N) is 2. The molecule has 0 fully saturated rings. The number of aromatic nitrogens is 2. The maximum atomic E-state index is 12.5. The highest BCUT2D eigenvalue weighted by atomic mass is 19.1. The zero-order chi connectivity index (χ0) is 16.3. The number of para-hydroxylation sites is 2. The van der Waals surface area contributed by atoms with Crippen molar-refractivity contribution in [2.45, 2.75) is 26.1 Å². The van der Waals surface area contributed by atoms with Crippen molar-refractivity contribution in [3.05, 3.63) is 34.7 Å². The summed E-state index contributed by atoms with van der Waals surface area (Å²) in [5.74, 6) is -2.19. The van der Waals surface area contributed by atoms with E-state index in [1.165, 1.54) is 9.13 Å². The van der Waals surface area contributed by atoms with Crippen molar-refractivity contribution in [2.75, 3.05) is 6.67 Å². The topological polar surface area (TPSA) is 93.3 Å². The molecule has 0 saturated carbocycles. The number of aliphatic carboxylic acids is 1. The molecular formula is C14H16FN3O4. The van der Waals surface area contributed by atoms with Gasteiger partial charge in [0.05, 0.1) is 11.0 Å². The second-order valence-electron chi connectivity index (χ2n) is 4.71. The van der Waals surface area contributed by atoms with E-state index in [-0.39, 0.29) is 12.2 Å². The molecule has 1 aromatic heterocycles. The van der Waals surface area contributed by atoms with Crippen LogP contribution in [0.5, 0.6) is 0 Å². The third kappa shape index (κ3) is 2.85. The van der Waals surface area contributed by atoms with Gasteiger partial charge in [0.25, 0.3) is 0 Å². The number of carboxylic acids is 1. The molecule has 0 radical (unpaired) electrons. The van der Waals surface area contributed by atoms with Gasteiger partial charge in [-0.05, 0) is 19.1 Å². The number of carbonyl (C=O) groups excluding carboxylic acids is 1. The number of benzene rings is 1. The number of rotatable bonds is 6. The minimum atomic E-state index is -1.61. The number of nitrogens with one attached hydrogen (secondary N) is 1. The van der Waals surface area contributed by atoms with Crippen molar-refractivity contribution < 1.29 is 19.1 Å². The maximum Gasteiger partial charge on any atom is 0.329 e. The van der Waals surface area contributed by atoms with Crippen molar-refractivity contribution in [3.8, 4) is 0 Å². The fraction of sp³-hybridized carbons (Fsp3) is 0.357. The Morgan fingerprint density at radius 1 is 1.27 bits per heavy atom. The molecule has 118 valence electrons. The van der Waals surface area contributed by atoms with E-state index in [4.69, 9.17) is 5.11 Å². The predicted octanol–water partition coefficient (Wildman–Crippen LogP) is 0.362. The fourth-order valence-corrected chi connectivity index (χ4v) is 2.28.